The summed E-state index contributed by atoms with van der Waals surface area (Å²) in [4.78, 5) is 32.0. The average Bonchev–Trinajstić information content (AvgIpc) is 3.57. The predicted molar refractivity (Wildman–Crippen MR) is 148 cm³/mol. The van der Waals surface area contributed by atoms with Gasteiger partial charge in [0.2, 0.25) is 5.91 Å². The first-order valence-electron chi connectivity index (χ1n) is 13.3. The first-order valence-corrected chi connectivity index (χ1v) is 13.3. The van der Waals surface area contributed by atoms with Crippen LogP contribution < -0.4 is 15.4 Å². The number of anilines is 2. The Labute approximate surface area is 232 Å². The SMILES string of the molecule is CC(C)(C)OC(=O)N1C[C@H](OCc2ccccc2)C[C@H]1C(=O)Nc1ccc(Oc2ccnc3c2CCN3)c(F)c1. The maximum Gasteiger partial charge on any atom is 0.411 e. The van der Waals surface area contributed by atoms with Gasteiger partial charge in [-0.3, -0.25) is 9.69 Å². The van der Waals surface area contributed by atoms with Gasteiger partial charge >= 0.3 is 6.09 Å². The van der Waals surface area contributed by atoms with Crippen LogP contribution in [0.25, 0.3) is 0 Å². The van der Waals surface area contributed by atoms with Gasteiger partial charge in [-0.1, -0.05) is 30.3 Å². The molecule has 0 bridgehead atoms. The second kappa shape index (κ2) is 11.5. The Bertz CT molecular complexity index is 1380. The van der Waals surface area contributed by atoms with Crippen molar-refractivity contribution in [1.82, 2.24) is 9.88 Å². The van der Waals surface area contributed by atoms with Crippen LogP contribution in [0.5, 0.6) is 11.5 Å². The molecule has 3 aromatic rings. The van der Waals surface area contributed by atoms with Gasteiger partial charge in [0.15, 0.2) is 11.6 Å². The summed E-state index contributed by atoms with van der Waals surface area (Å²) >= 11 is 0. The van der Waals surface area contributed by atoms with Gasteiger partial charge in [0.1, 0.15) is 23.2 Å². The maximum absolute atomic E-state index is 15.0. The predicted octanol–water partition coefficient (Wildman–Crippen LogP) is 5.51. The van der Waals surface area contributed by atoms with E-state index in [4.69, 9.17) is 14.2 Å². The summed E-state index contributed by atoms with van der Waals surface area (Å²) < 4.78 is 32.4. The number of nitrogens with one attached hydrogen (secondary N) is 2. The zero-order valence-electron chi connectivity index (χ0n) is 22.8. The number of hydrogen-bond acceptors (Lipinski definition) is 7. The first kappa shape index (κ1) is 27.4. The molecule has 210 valence electrons. The van der Waals surface area contributed by atoms with Crippen LogP contribution in [-0.4, -0.2) is 52.7 Å². The zero-order chi connectivity index (χ0) is 28.3. The molecule has 0 radical (unpaired) electrons. The fraction of sp³-hybridized carbons (Fsp3) is 0.367. The molecule has 0 spiro atoms. The number of ether oxygens (including phenoxy) is 3. The molecule has 2 aliphatic heterocycles. The number of aromatic nitrogens is 1. The highest BCUT2D eigenvalue weighted by Gasteiger charge is 2.42. The van der Waals surface area contributed by atoms with Crippen LogP contribution in [-0.2, 0) is 27.3 Å². The van der Waals surface area contributed by atoms with E-state index < -0.39 is 29.5 Å². The lowest BCUT2D eigenvalue weighted by Gasteiger charge is -2.28. The van der Waals surface area contributed by atoms with E-state index in [1.54, 1.807) is 39.1 Å². The van der Waals surface area contributed by atoms with Crippen LogP contribution in [0, 0.1) is 5.82 Å². The Balaban J connectivity index is 1.27. The number of pyridine rings is 1. The van der Waals surface area contributed by atoms with E-state index >= 15 is 4.39 Å². The van der Waals surface area contributed by atoms with Crippen molar-refractivity contribution in [1.29, 1.82) is 0 Å². The highest BCUT2D eigenvalue weighted by atomic mass is 19.1. The van der Waals surface area contributed by atoms with Crippen LogP contribution in [0.2, 0.25) is 0 Å². The number of hydrogen-bond donors (Lipinski definition) is 2. The molecule has 2 N–H and O–H groups in total. The zero-order valence-corrected chi connectivity index (χ0v) is 22.8. The van der Waals surface area contributed by atoms with Crippen molar-refractivity contribution in [2.75, 3.05) is 23.7 Å². The van der Waals surface area contributed by atoms with Crippen LogP contribution in [0.1, 0.15) is 38.3 Å². The van der Waals surface area contributed by atoms with Gasteiger partial charge in [0.05, 0.1) is 19.3 Å². The van der Waals surface area contributed by atoms with Crippen LogP contribution in [0.3, 0.4) is 0 Å². The fourth-order valence-corrected chi connectivity index (χ4v) is 4.75. The summed E-state index contributed by atoms with van der Waals surface area (Å²) in [5, 5.41) is 5.90. The smallest absolute Gasteiger partial charge is 0.411 e. The molecule has 0 aliphatic carbocycles. The van der Waals surface area contributed by atoms with Crippen LogP contribution in [0.4, 0.5) is 20.7 Å². The normalized spacial score (nSPS) is 18.1. The lowest BCUT2D eigenvalue weighted by molar-refractivity contribution is -0.120. The number of amides is 2. The van der Waals surface area contributed by atoms with Crippen LogP contribution >= 0.6 is 0 Å². The van der Waals surface area contributed by atoms with Crippen LogP contribution in [0.15, 0.2) is 60.8 Å². The quantitative estimate of drug-likeness (QED) is 0.401. The van der Waals surface area contributed by atoms with E-state index in [-0.39, 0.29) is 30.5 Å². The Morgan fingerprint density at radius 1 is 1.12 bits per heavy atom. The molecule has 2 atom stereocenters. The molecule has 10 heteroatoms. The molecule has 2 aliphatic rings. The Morgan fingerprint density at radius 2 is 1.93 bits per heavy atom. The minimum atomic E-state index is -0.846. The molecule has 2 amide bonds. The number of rotatable bonds is 7. The van der Waals surface area contributed by atoms with Crippen molar-refractivity contribution in [3.8, 4) is 11.5 Å². The van der Waals surface area contributed by atoms with Crippen molar-refractivity contribution in [2.24, 2.45) is 0 Å². The van der Waals surface area contributed by atoms with E-state index in [0.717, 1.165) is 29.9 Å². The number of fused-ring (bicyclic) bond motifs is 1. The standard InChI is InChI=1S/C30H33FN4O5/c1-30(2,3)40-29(37)35-17-21(38-18-19-7-5-4-6-8-19)16-24(35)28(36)34-20-9-10-26(23(31)15-20)39-25-12-14-33-27-22(25)11-13-32-27/h4-10,12,14-15,21,24H,11,13,16-18H2,1-3H3,(H,32,33)(H,34,36)/t21-,24+/m1/s1. The Kier molecular flexibility index (Phi) is 7.88. The third-order valence-corrected chi connectivity index (χ3v) is 6.62. The fourth-order valence-electron chi connectivity index (χ4n) is 4.75. The monoisotopic (exact) mass is 548 g/mol. The van der Waals surface area contributed by atoms with Crippen molar-refractivity contribution >= 4 is 23.5 Å². The molecule has 0 unspecified atom stereocenters. The third kappa shape index (κ3) is 6.51. The number of carbonyl (C=O) groups is 2. The molecule has 5 rings (SSSR count). The van der Waals surface area contributed by atoms with E-state index in [1.807, 2.05) is 30.3 Å². The van der Waals surface area contributed by atoms with E-state index in [9.17, 15) is 9.59 Å². The van der Waals surface area contributed by atoms with Crippen molar-refractivity contribution in [2.45, 2.75) is 58.0 Å². The molecule has 40 heavy (non-hydrogen) atoms. The number of nitrogens with zero attached hydrogens (tertiary/aromatic N) is 2. The van der Waals surface area contributed by atoms with Crippen molar-refractivity contribution < 1.29 is 28.2 Å². The number of carbonyl (C=O) groups excluding carboxylic acids is 2. The van der Waals surface area contributed by atoms with Gasteiger partial charge in [-0.2, -0.15) is 0 Å². The summed E-state index contributed by atoms with van der Waals surface area (Å²) in [7, 11) is 0. The lowest BCUT2D eigenvalue weighted by Crippen LogP contribution is -2.45. The maximum atomic E-state index is 15.0. The average molecular weight is 549 g/mol. The molecule has 2 aromatic carbocycles. The Hall–Kier alpha value is -4.18. The molecule has 1 saturated heterocycles. The summed E-state index contributed by atoms with van der Waals surface area (Å²) in [6.45, 7) is 6.60. The first-order chi connectivity index (χ1) is 19.2. The van der Waals surface area contributed by atoms with Gasteiger partial charge in [-0.25, -0.2) is 14.2 Å². The number of likely N-dealkylation sites (tertiary alicyclic amines) is 1. The molecule has 1 aromatic heterocycles. The molecule has 1 fully saturated rings. The largest absolute Gasteiger partial charge is 0.454 e. The van der Waals surface area contributed by atoms with Crippen molar-refractivity contribution in [3.63, 3.8) is 0 Å². The van der Waals surface area contributed by atoms with Gasteiger partial charge in [0.25, 0.3) is 0 Å². The Morgan fingerprint density at radius 3 is 2.67 bits per heavy atom. The van der Waals surface area contributed by atoms with Crippen molar-refractivity contribution in [3.05, 3.63) is 77.7 Å². The molecule has 0 saturated carbocycles. The number of benzene rings is 2. The van der Waals surface area contributed by atoms with Gasteiger partial charge in [0, 0.05) is 36.5 Å². The molecule has 3 heterocycles. The van der Waals surface area contributed by atoms with Gasteiger partial charge < -0.3 is 24.8 Å². The summed E-state index contributed by atoms with van der Waals surface area (Å²) in [6, 6.07) is 14.7. The molecular formula is C30H33FN4O5. The lowest BCUT2D eigenvalue weighted by atomic mass is 10.1. The second-order valence-electron chi connectivity index (χ2n) is 10.9. The third-order valence-electron chi connectivity index (χ3n) is 6.62. The topological polar surface area (TPSA) is 102 Å². The summed E-state index contributed by atoms with van der Waals surface area (Å²) in [6.07, 6.45) is 1.65. The van der Waals surface area contributed by atoms with E-state index in [0.29, 0.717) is 12.4 Å². The second-order valence-corrected chi connectivity index (χ2v) is 10.9. The van der Waals surface area contributed by atoms with Gasteiger partial charge in [-0.15, -0.1) is 0 Å². The minimum absolute atomic E-state index is 0.0314. The highest BCUT2D eigenvalue weighted by molar-refractivity contribution is 5.97. The molecular weight excluding hydrogens is 515 g/mol. The summed E-state index contributed by atoms with van der Waals surface area (Å²) in [5.74, 6) is 0.214. The molecule has 9 nitrogen and oxygen atoms in total. The van der Waals surface area contributed by atoms with E-state index in [1.165, 1.54) is 17.0 Å². The van der Waals surface area contributed by atoms with E-state index in [2.05, 4.69) is 15.6 Å². The number of halogens is 1. The summed E-state index contributed by atoms with van der Waals surface area (Å²) in [5.41, 5.74) is 1.40. The minimum Gasteiger partial charge on any atom is -0.454 e. The van der Waals surface area contributed by atoms with Gasteiger partial charge in [-0.05, 0) is 51.0 Å². The highest BCUT2D eigenvalue weighted by Crippen LogP contribution is 2.34.